The summed E-state index contributed by atoms with van der Waals surface area (Å²) < 4.78 is 0. The molecule has 8 heteroatoms. The molecule has 2 N–H and O–H groups in total. The first-order chi connectivity index (χ1) is 13.3. The predicted molar refractivity (Wildman–Crippen MR) is 112 cm³/mol. The van der Waals surface area contributed by atoms with Crippen LogP contribution in [0, 0.1) is 6.92 Å². The maximum absolute atomic E-state index is 4.72. The van der Waals surface area contributed by atoms with Gasteiger partial charge in [-0.1, -0.05) is 18.2 Å². The first kappa shape index (κ1) is 16.3. The van der Waals surface area contributed by atoms with E-state index in [2.05, 4.69) is 49.6 Å². The van der Waals surface area contributed by atoms with Crippen LogP contribution in [-0.4, -0.2) is 31.5 Å². The number of nitrogens with zero attached hydrogens (tertiary/aromatic N) is 4. The normalized spacial score (nSPS) is 11.4. The summed E-state index contributed by atoms with van der Waals surface area (Å²) in [7, 11) is 0. The molecule has 1 aromatic carbocycles. The minimum atomic E-state index is 0.701. The average molecular weight is 393 g/mol. The van der Waals surface area contributed by atoms with Crippen LogP contribution < -0.4 is 5.32 Å². The summed E-state index contributed by atoms with van der Waals surface area (Å²) in [5.74, 6) is 1.48. The largest absolute Gasteiger partial charge is 0.368 e. The molecule has 0 spiro atoms. The fourth-order valence-electron chi connectivity index (χ4n) is 3.11. The number of aryl methyl sites for hydroxylation is 1. The van der Waals surface area contributed by atoms with Crippen molar-refractivity contribution in [2.24, 2.45) is 0 Å². The van der Waals surface area contributed by atoms with Crippen LogP contribution in [0.25, 0.3) is 32.0 Å². The molecule has 134 valence electrons. The molecule has 5 aromatic rings. The molecule has 0 radical (unpaired) electrons. The van der Waals surface area contributed by atoms with Crippen LogP contribution in [0.1, 0.15) is 10.6 Å². The Hall–Kier alpha value is -2.84. The van der Waals surface area contributed by atoms with Gasteiger partial charge in [0.05, 0.1) is 15.4 Å². The molecule has 4 heterocycles. The zero-order chi connectivity index (χ0) is 18.2. The van der Waals surface area contributed by atoms with E-state index in [1.54, 1.807) is 11.3 Å². The summed E-state index contributed by atoms with van der Waals surface area (Å²) in [5, 5.41) is 5.73. The van der Waals surface area contributed by atoms with Crippen LogP contribution in [0.3, 0.4) is 0 Å². The summed E-state index contributed by atoms with van der Waals surface area (Å²) in [6, 6.07) is 8.36. The van der Waals surface area contributed by atoms with Gasteiger partial charge in [0.15, 0.2) is 11.6 Å². The molecule has 0 bridgehead atoms. The number of fused-ring (bicyclic) bond motifs is 2. The molecule has 0 aliphatic carbocycles. The van der Waals surface area contributed by atoms with Gasteiger partial charge in [0.25, 0.3) is 0 Å². The van der Waals surface area contributed by atoms with Crippen molar-refractivity contribution in [1.82, 2.24) is 24.9 Å². The Morgan fingerprint density at radius 3 is 2.96 bits per heavy atom. The molecule has 6 nitrogen and oxygen atoms in total. The van der Waals surface area contributed by atoms with Gasteiger partial charge >= 0.3 is 0 Å². The Bertz CT molecular complexity index is 1240. The van der Waals surface area contributed by atoms with Crippen LogP contribution in [-0.2, 0) is 6.42 Å². The van der Waals surface area contributed by atoms with Crippen LogP contribution in [0.15, 0.2) is 42.2 Å². The highest BCUT2D eigenvalue weighted by Crippen LogP contribution is 2.29. The van der Waals surface area contributed by atoms with Crippen molar-refractivity contribution in [2.75, 3.05) is 11.9 Å². The third kappa shape index (κ3) is 3.07. The van der Waals surface area contributed by atoms with E-state index >= 15 is 0 Å². The molecule has 0 saturated heterocycles. The zero-order valence-corrected chi connectivity index (χ0v) is 16.2. The summed E-state index contributed by atoms with van der Waals surface area (Å²) >= 11 is 3.13. The van der Waals surface area contributed by atoms with E-state index in [1.165, 1.54) is 27.8 Å². The second-order valence-corrected chi connectivity index (χ2v) is 8.25. The highest BCUT2D eigenvalue weighted by atomic mass is 32.1. The van der Waals surface area contributed by atoms with Crippen molar-refractivity contribution in [3.05, 3.63) is 52.7 Å². The fraction of sp³-hybridized carbons (Fsp3) is 0.158. The second-order valence-electron chi connectivity index (χ2n) is 6.18. The Balaban J connectivity index is 1.41. The summed E-state index contributed by atoms with van der Waals surface area (Å²) in [6.45, 7) is 2.76. The number of nitrogens with one attached hydrogen (secondary N) is 2. The number of hydrogen-bond acceptors (Lipinski definition) is 7. The van der Waals surface area contributed by atoms with Crippen LogP contribution in [0.4, 0.5) is 5.82 Å². The van der Waals surface area contributed by atoms with E-state index in [0.29, 0.717) is 5.82 Å². The Kier molecular flexibility index (Phi) is 4.06. The molecular weight excluding hydrogens is 376 g/mol. The Morgan fingerprint density at radius 2 is 2.07 bits per heavy atom. The van der Waals surface area contributed by atoms with Gasteiger partial charge in [-0.25, -0.2) is 19.9 Å². The van der Waals surface area contributed by atoms with E-state index in [0.717, 1.165) is 39.0 Å². The third-order valence-electron chi connectivity index (χ3n) is 4.40. The molecule has 0 aliphatic heterocycles. The minimum absolute atomic E-state index is 0.701. The molecule has 27 heavy (non-hydrogen) atoms. The highest BCUT2D eigenvalue weighted by molar-refractivity contribution is 7.16. The second kappa shape index (κ2) is 6.71. The average Bonchev–Trinajstić information content (AvgIpc) is 3.41. The van der Waals surface area contributed by atoms with Gasteiger partial charge in [0.1, 0.15) is 10.3 Å². The monoisotopic (exact) mass is 392 g/mol. The summed E-state index contributed by atoms with van der Waals surface area (Å²) in [4.78, 5) is 23.3. The summed E-state index contributed by atoms with van der Waals surface area (Å²) in [6.07, 6.45) is 4.81. The lowest BCUT2D eigenvalue weighted by atomic mass is 10.1. The lowest BCUT2D eigenvalue weighted by Crippen LogP contribution is -2.07. The van der Waals surface area contributed by atoms with Gasteiger partial charge in [-0.05, 0) is 25.0 Å². The van der Waals surface area contributed by atoms with Crippen LogP contribution in [0.5, 0.6) is 0 Å². The molecule has 0 fully saturated rings. The van der Waals surface area contributed by atoms with Crippen LogP contribution in [0.2, 0.25) is 0 Å². The van der Waals surface area contributed by atoms with Crippen LogP contribution >= 0.6 is 22.7 Å². The standard InChI is InChI=1S/C19H16N6S2/c1-11-21-9-15(27-11)17-24-18(16-19(25-17)26-10-23-16)20-7-6-12-8-22-14-5-3-2-4-13(12)14/h2-5,8-10,22H,6-7H2,1H3,(H,20,24,25). The molecule has 0 unspecified atom stereocenters. The zero-order valence-electron chi connectivity index (χ0n) is 14.6. The van der Waals surface area contributed by atoms with Crippen molar-refractivity contribution in [1.29, 1.82) is 0 Å². The van der Waals surface area contributed by atoms with Gasteiger partial charge < -0.3 is 10.3 Å². The number of rotatable bonds is 5. The third-order valence-corrected chi connectivity index (χ3v) is 6.03. The Morgan fingerprint density at radius 1 is 1.15 bits per heavy atom. The van der Waals surface area contributed by atoms with E-state index in [4.69, 9.17) is 4.98 Å². The highest BCUT2D eigenvalue weighted by Gasteiger charge is 2.13. The molecular formula is C19H16N6S2. The minimum Gasteiger partial charge on any atom is -0.368 e. The van der Waals surface area contributed by atoms with Crippen molar-refractivity contribution >= 4 is 49.7 Å². The number of para-hydroxylation sites is 1. The quantitative estimate of drug-likeness (QED) is 0.455. The molecule has 0 amide bonds. The fourth-order valence-corrected chi connectivity index (χ4v) is 4.48. The Labute approximate surface area is 163 Å². The first-order valence-corrected chi connectivity index (χ1v) is 10.3. The van der Waals surface area contributed by atoms with Crippen molar-refractivity contribution in [3.63, 3.8) is 0 Å². The number of aromatic nitrogens is 5. The predicted octanol–water partition coefficient (Wildman–Crippen LogP) is 4.65. The van der Waals surface area contributed by atoms with Gasteiger partial charge in [-0.2, -0.15) is 0 Å². The SMILES string of the molecule is Cc1ncc(-c2nc(NCCc3c[nH]c4ccccc34)c3ncsc3n2)s1. The number of benzene rings is 1. The maximum Gasteiger partial charge on any atom is 0.174 e. The maximum atomic E-state index is 4.72. The lowest BCUT2D eigenvalue weighted by Gasteiger charge is -2.07. The lowest BCUT2D eigenvalue weighted by molar-refractivity contribution is 1.01. The number of hydrogen-bond donors (Lipinski definition) is 2. The number of H-pyrrole nitrogens is 1. The smallest absolute Gasteiger partial charge is 0.174 e. The molecule has 5 rings (SSSR count). The molecule has 0 saturated carbocycles. The first-order valence-electron chi connectivity index (χ1n) is 8.61. The number of anilines is 1. The van der Waals surface area contributed by atoms with Crippen molar-refractivity contribution in [2.45, 2.75) is 13.3 Å². The van der Waals surface area contributed by atoms with Gasteiger partial charge in [-0.3, -0.25) is 0 Å². The van der Waals surface area contributed by atoms with Gasteiger partial charge in [0, 0.05) is 29.8 Å². The molecule has 0 atom stereocenters. The van der Waals surface area contributed by atoms with Crippen molar-refractivity contribution < 1.29 is 0 Å². The van der Waals surface area contributed by atoms with Crippen molar-refractivity contribution in [3.8, 4) is 10.7 Å². The van der Waals surface area contributed by atoms with E-state index in [9.17, 15) is 0 Å². The number of aromatic amines is 1. The molecule has 4 aromatic heterocycles. The van der Waals surface area contributed by atoms with E-state index in [1.807, 2.05) is 24.7 Å². The summed E-state index contributed by atoms with van der Waals surface area (Å²) in [5.41, 5.74) is 5.09. The van der Waals surface area contributed by atoms with Gasteiger partial charge in [-0.15, -0.1) is 22.7 Å². The number of thiazole rings is 2. The van der Waals surface area contributed by atoms with Gasteiger partial charge in [0.2, 0.25) is 0 Å². The van der Waals surface area contributed by atoms with E-state index in [-0.39, 0.29) is 0 Å². The molecule has 0 aliphatic rings. The van der Waals surface area contributed by atoms with E-state index < -0.39 is 0 Å². The topological polar surface area (TPSA) is 79.4 Å².